The Kier molecular flexibility index (Phi) is 49.5. The van der Waals surface area contributed by atoms with Crippen LogP contribution in [-0.4, -0.2) is 47.4 Å². The largest absolute Gasteiger partial charge is 0.466 e. The molecule has 0 aliphatic heterocycles. The van der Waals surface area contributed by atoms with Crippen LogP contribution in [0.3, 0.4) is 0 Å². The minimum absolute atomic E-state index is 0.00196. The average Bonchev–Trinajstić information content (AvgIpc) is 3.25. The lowest BCUT2D eigenvalue weighted by molar-refractivity contribution is -0.143. The van der Waals surface area contributed by atoms with Gasteiger partial charge in [-0.05, 0) is 25.7 Å². The Hall–Kier alpha value is -1.14. The van der Waals surface area contributed by atoms with Gasteiger partial charge in [-0.15, -0.1) is 0 Å². The van der Waals surface area contributed by atoms with E-state index in [1.54, 1.807) is 0 Å². The fourth-order valence-electron chi connectivity index (χ4n) is 8.70. The van der Waals surface area contributed by atoms with Crippen molar-refractivity contribution >= 4 is 11.9 Å². The van der Waals surface area contributed by atoms with Gasteiger partial charge in [0.05, 0.1) is 25.4 Å². The predicted octanol–water partition coefficient (Wildman–Crippen LogP) is 16.4. The maximum Gasteiger partial charge on any atom is 0.305 e. The number of rotatable bonds is 51. The van der Waals surface area contributed by atoms with Crippen LogP contribution in [0, 0.1) is 0 Å². The molecule has 0 aromatic rings. The van der Waals surface area contributed by atoms with Gasteiger partial charge in [0.1, 0.15) is 0 Å². The number of aliphatic hydroxyl groups excluding tert-OH is 2. The SMILES string of the molecule is CCCCCCCCCCCCCCCCCCC(=O)OCCCCCCCCCCCCCCCCC(=O)NC(CO)C(O)CCCCCCCCCCCCCCC. The van der Waals surface area contributed by atoms with E-state index in [0.29, 0.717) is 25.9 Å². The van der Waals surface area contributed by atoms with E-state index in [1.165, 1.54) is 225 Å². The summed E-state index contributed by atoms with van der Waals surface area (Å²) < 4.78 is 5.48. The summed E-state index contributed by atoms with van der Waals surface area (Å²) >= 11 is 0. The highest BCUT2D eigenvalue weighted by Crippen LogP contribution is 2.17. The molecule has 0 aliphatic rings. The zero-order valence-electron chi connectivity index (χ0n) is 40.7. The molecule has 0 aromatic heterocycles. The van der Waals surface area contributed by atoms with Crippen LogP contribution in [0.5, 0.6) is 0 Å². The molecule has 0 bridgehead atoms. The van der Waals surface area contributed by atoms with Crippen LogP contribution in [0.25, 0.3) is 0 Å². The van der Waals surface area contributed by atoms with Crippen molar-refractivity contribution in [2.75, 3.05) is 13.2 Å². The van der Waals surface area contributed by atoms with Crippen LogP contribution in [-0.2, 0) is 14.3 Å². The Morgan fingerprint density at radius 3 is 1.02 bits per heavy atom. The molecule has 0 saturated carbocycles. The molecule has 0 aliphatic carbocycles. The number of aliphatic hydroxyl groups is 2. The zero-order chi connectivity index (χ0) is 43.7. The van der Waals surface area contributed by atoms with Crippen LogP contribution in [0.15, 0.2) is 0 Å². The van der Waals surface area contributed by atoms with Crippen molar-refractivity contribution in [2.24, 2.45) is 0 Å². The van der Waals surface area contributed by atoms with Gasteiger partial charge in [-0.25, -0.2) is 0 Å². The summed E-state index contributed by atoms with van der Waals surface area (Å²) in [5.41, 5.74) is 0. The molecule has 60 heavy (non-hydrogen) atoms. The summed E-state index contributed by atoms with van der Waals surface area (Å²) in [4.78, 5) is 24.5. The number of carbonyl (C=O) groups is 2. The number of amides is 1. The molecule has 6 nitrogen and oxygen atoms in total. The molecule has 3 N–H and O–H groups in total. The Bertz CT molecular complexity index is 852. The van der Waals surface area contributed by atoms with Crippen molar-refractivity contribution in [1.82, 2.24) is 5.32 Å². The number of esters is 1. The van der Waals surface area contributed by atoms with Crippen LogP contribution in [0.4, 0.5) is 0 Å². The summed E-state index contributed by atoms with van der Waals surface area (Å²) in [6.07, 6.45) is 56.5. The molecule has 0 heterocycles. The van der Waals surface area contributed by atoms with E-state index in [4.69, 9.17) is 4.74 Å². The van der Waals surface area contributed by atoms with E-state index in [2.05, 4.69) is 19.2 Å². The summed E-state index contributed by atoms with van der Waals surface area (Å²) in [5, 5.41) is 23.2. The van der Waals surface area contributed by atoms with E-state index in [-0.39, 0.29) is 18.5 Å². The Morgan fingerprint density at radius 1 is 0.400 bits per heavy atom. The van der Waals surface area contributed by atoms with Crippen molar-refractivity contribution in [3.63, 3.8) is 0 Å². The summed E-state index contributed by atoms with van der Waals surface area (Å²) in [5.74, 6) is -0.0418. The fraction of sp³-hybridized carbons (Fsp3) is 0.963. The van der Waals surface area contributed by atoms with E-state index in [0.717, 1.165) is 51.4 Å². The van der Waals surface area contributed by atoms with E-state index < -0.39 is 12.1 Å². The molecular formula is C54H107NO5. The topological polar surface area (TPSA) is 95.9 Å². The molecule has 0 rings (SSSR count). The first-order valence-corrected chi connectivity index (χ1v) is 27.3. The second-order valence-electron chi connectivity index (χ2n) is 18.9. The zero-order valence-corrected chi connectivity index (χ0v) is 40.7. The first kappa shape index (κ1) is 58.9. The van der Waals surface area contributed by atoms with E-state index >= 15 is 0 Å². The second kappa shape index (κ2) is 50.5. The third kappa shape index (κ3) is 46.4. The van der Waals surface area contributed by atoms with Gasteiger partial charge in [-0.2, -0.15) is 0 Å². The van der Waals surface area contributed by atoms with Crippen LogP contribution < -0.4 is 5.32 Å². The highest BCUT2D eigenvalue weighted by Gasteiger charge is 2.20. The van der Waals surface area contributed by atoms with Crippen LogP contribution >= 0.6 is 0 Å². The summed E-state index contributed by atoms with van der Waals surface area (Å²) in [6.45, 7) is 4.95. The lowest BCUT2D eigenvalue weighted by Crippen LogP contribution is -2.45. The molecule has 0 spiro atoms. The predicted molar refractivity (Wildman–Crippen MR) is 260 cm³/mol. The number of unbranched alkanes of at least 4 members (excludes halogenated alkanes) is 40. The molecule has 358 valence electrons. The van der Waals surface area contributed by atoms with Gasteiger partial charge in [-0.1, -0.05) is 271 Å². The van der Waals surface area contributed by atoms with Gasteiger partial charge in [-0.3, -0.25) is 9.59 Å². The normalized spacial score (nSPS) is 12.5. The first-order valence-electron chi connectivity index (χ1n) is 27.3. The van der Waals surface area contributed by atoms with Crippen LogP contribution in [0.1, 0.15) is 309 Å². The molecule has 2 atom stereocenters. The van der Waals surface area contributed by atoms with E-state index in [1.807, 2.05) is 0 Å². The smallest absolute Gasteiger partial charge is 0.305 e. The van der Waals surface area contributed by atoms with Gasteiger partial charge < -0.3 is 20.3 Å². The number of hydrogen-bond donors (Lipinski definition) is 3. The minimum Gasteiger partial charge on any atom is -0.466 e. The Morgan fingerprint density at radius 2 is 0.683 bits per heavy atom. The molecular weight excluding hydrogens is 743 g/mol. The van der Waals surface area contributed by atoms with Crippen molar-refractivity contribution in [2.45, 2.75) is 321 Å². The number of ether oxygens (including phenoxy) is 1. The molecule has 0 saturated heterocycles. The van der Waals surface area contributed by atoms with Crippen molar-refractivity contribution in [1.29, 1.82) is 0 Å². The number of carbonyl (C=O) groups excluding carboxylic acids is 2. The highest BCUT2D eigenvalue weighted by molar-refractivity contribution is 5.76. The number of nitrogens with one attached hydrogen (secondary N) is 1. The second-order valence-corrected chi connectivity index (χ2v) is 18.9. The molecule has 0 radical (unpaired) electrons. The maximum absolute atomic E-state index is 12.4. The Balaban J connectivity index is 3.40. The lowest BCUT2D eigenvalue weighted by atomic mass is 10.0. The number of hydrogen-bond acceptors (Lipinski definition) is 5. The van der Waals surface area contributed by atoms with Gasteiger partial charge in [0.2, 0.25) is 5.91 Å². The van der Waals surface area contributed by atoms with Crippen molar-refractivity contribution < 1.29 is 24.5 Å². The first-order chi connectivity index (χ1) is 29.5. The van der Waals surface area contributed by atoms with Crippen molar-refractivity contribution in [3.8, 4) is 0 Å². The third-order valence-corrected chi connectivity index (χ3v) is 12.9. The molecule has 0 fully saturated rings. The molecule has 0 aromatic carbocycles. The molecule has 1 amide bonds. The molecule has 2 unspecified atom stereocenters. The minimum atomic E-state index is -0.669. The fourth-order valence-corrected chi connectivity index (χ4v) is 8.70. The lowest BCUT2D eigenvalue weighted by Gasteiger charge is -2.22. The standard InChI is InChI=1S/C54H107NO5/c1-3-5-7-9-11-13-15-17-18-19-24-28-32-36-40-44-48-54(59)60-49-45-41-37-33-29-25-21-20-23-27-31-35-39-43-47-53(58)55-51(50-56)52(57)46-42-38-34-30-26-22-16-14-12-10-8-6-4-2/h51-52,56-57H,3-50H2,1-2H3,(H,55,58). The monoisotopic (exact) mass is 850 g/mol. The Labute approximate surface area is 375 Å². The highest BCUT2D eigenvalue weighted by atomic mass is 16.5. The summed E-state index contributed by atoms with van der Waals surface area (Å²) in [6, 6.07) is -0.547. The van der Waals surface area contributed by atoms with Gasteiger partial charge in [0, 0.05) is 12.8 Å². The van der Waals surface area contributed by atoms with Crippen molar-refractivity contribution in [3.05, 3.63) is 0 Å². The average molecular weight is 850 g/mol. The van der Waals surface area contributed by atoms with Gasteiger partial charge >= 0.3 is 5.97 Å². The third-order valence-electron chi connectivity index (χ3n) is 12.9. The quantitative estimate of drug-likeness (QED) is 0.0418. The van der Waals surface area contributed by atoms with Gasteiger partial charge in [0.25, 0.3) is 0 Å². The molecule has 6 heteroatoms. The summed E-state index contributed by atoms with van der Waals surface area (Å²) in [7, 11) is 0. The maximum atomic E-state index is 12.4. The van der Waals surface area contributed by atoms with E-state index in [9.17, 15) is 19.8 Å². The van der Waals surface area contributed by atoms with Crippen LogP contribution in [0.2, 0.25) is 0 Å². The van der Waals surface area contributed by atoms with Gasteiger partial charge in [0.15, 0.2) is 0 Å².